The fraction of sp³-hybridized carbons (Fsp3) is 0.182. The molecule has 3 aromatic rings. The standard InChI is InChI=1S/C22H21NOS.ClH.Pd.H2/c24-21-15-8-7-14-20(21)22(18-10-3-1-4-11-18)23-16-9-17-25-19-12-5-2-6-13-19;;;/h1-8,10,12-15,22,24H,9,16-17H2;1H;;1H/q-1;;+2;/p-1. The summed E-state index contributed by atoms with van der Waals surface area (Å²) in [5.74, 6) is 1.05. The second-order valence-electron chi connectivity index (χ2n) is 5.68. The molecule has 3 aromatic carbocycles. The first-order chi connectivity index (χ1) is 12.3. The summed E-state index contributed by atoms with van der Waals surface area (Å²) in [6, 6.07) is 28.3. The molecule has 145 valence electrons. The van der Waals surface area contributed by atoms with Gasteiger partial charge in [0.25, 0.3) is 0 Å². The smallest absolute Gasteiger partial charge is 0.872 e. The Morgan fingerprint density at radius 1 is 0.963 bits per heavy atom. The van der Waals surface area contributed by atoms with Gasteiger partial charge in [0.15, 0.2) is 0 Å². The zero-order valence-corrected chi connectivity index (χ0v) is 17.9. The summed E-state index contributed by atoms with van der Waals surface area (Å²) in [5.41, 5.74) is 1.67. The van der Waals surface area contributed by atoms with E-state index in [2.05, 4.69) is 30.3 Å². The van der Waals surface area contributed by atoms with Gasteiger partial charge in [-0.25, -0.2) is 0 Å². The minimum absolute atomic E-state index is 0. The van der Waals surface area contributed by atoms with Crippen molar-refractivity contribution in [1.82, 2.24) is 0 Å². The topological polar surface area (TPSA) is 37.2 Å². The maximum Gasteiger partial charge on any atom is 2.00 e. The average molecular weight is 491 g/mol. The average Bonchev–Trinajstić information content (AvgIpc) is 2.67. The molecule has 0 aliphatic heterocycles. The molecule has 0 heterocycles. The van der Waals surface area contributed by atoms with Crippen molar-refractivity contribution in [2.45, 2.75) is 17.4 Å². The molecule has 0 spiro atoms. The normalized spacial score (nSPS) is 11.1. The third-order valence-electron chi connectivity index (χ3n) is 3.87. The van der Waals surface area contributed by atoms with Gasteiger partial charge in [0.2, 0.25) is 0 Å². The van der Waals surface area contributed by atoms with Gasteiger partial charge in [-0.3, -0.25) is 0 Å². The van der Waals surface area contributed by atoms with Crippen molar-refractivity contribution < 1.29 is 27.0 Å². The van der Waals surface area contributed by atoms with E-state index in [1.807, 2.05) is 54.2 Å². The molecule has 27 heavy (non-hydrogen) atoms. The van der Waals surface area contributed by atoms with E-state index < -0.39 is 0 Å². The second-order valence-corrected chi connectivity index (χ2v) is 6.85. The van der Waals surface area contributed by atoms with Crippen LogP contribution in [0.5, 0.6) is 5.75 Å². The van der Waals surface area contributed by atoms with Crippen LogP contribution < -0.4 is 5.11 Å². The molecule has 1 radical (unpaired) electrons. The third kappa shape index (κ3) is 7.33. The molecule has 0 N–H and O–H groups in total. The molecule has 0 aromatic heterocycles. The summed E-state index contributed by atoms with van der Waals surface area (Å²) >= 11 is 1.84. The minimum Gasteiger partial charge on any atom is -0.872 e. The molecule has 0 fully saturated rings. The van der Waals surface area contributed by atoms with Gasteiger partial charge in [0, 0.05) is 6.32 Å². The van der Waals surface area contributed by atoms with E-state index in [-0.39, 0.29) is 46.0 Å². The molecule has 5 heteroatoms. The van der Waals surface area contributed by atoms with Crippen LogP contribution in [0.4, 0.5) is 0 Å². The molecule has 0 saturated heterocycles. The summed E-state index contributed by atoms with van der Waals surface area (Å²) in [4.78, 5) is 1.28. The zero-order valence-electron chi connectivity index (χ0n) is 14.7. The zero-order chi connectivity index (χ0) is 17.3. The van der Waals surface area contributed by atoms with Crippen LogP contribution in [0.25, 0.3) is 5.32 Å². The second kappa shape index (κ2) is 13.0. The predicted octanol–water partition coefficient (Wildman–Crippen LogP) is 5.87. The SMILES string of the molecule is Cl.[HH].[O-]c1ccccc1C([N-]CCCSc1ccccc1)c1[c]cccc1.[Pd+2]. The predicted molar refractivity (Wildman–Crippen MR) is 112 cm³/mol. The van der Waals surface area contributed by atoms with E-state index >= 15 is 0 Å². The molecule has 2 nitrogen and oxygen atoms in total. The van der Waals surface area contributed by atoms with Crippen molar-refractivity contribution >= 4 is 24.2 Å². The molecule has 0 aliphatic rings. The van der Waals surface area contributed by atoms with Gasteiger partial charge in [-0.15, -0.1) is 36.5 Å². The van der Waals surface area contributed by atoms with E-state index in [9.17, 15) is 5.11 Å². The third-order valence-corrected chi connectivity index (χ3v) is 4.97. The summed E-state index contributed by atoms with van der Waals surface area (Å²) in [5, 5.41) is 17.0. The molecule has 0 bridgehead atoms. The maximum absolute atomic E-state index is 12.2. The number of hydrogen-bond donors (Lipinski definition) is 0. The van der Waals surface area contributed by atoms with Crippen LogP contribution in [0.3, 0.4) is 0 Å². The van der Waals surface area contributed by atoms with Gasteiger partial charge < -0.3 is 10.4 Å². The Morgan fingerprint density at radius 2 is 1.67 bits per heavy atom. The molecule has 1 unspecified atom stereocenters. The van der Waals surface area contributed by atoms with Gasteiger partial charge in [-0.2, -0.15) is 0 Å². The summed E-state index contributed by atoms with van der Waals surface area (Å²) in [7, 11) is 0. The molecule has 3 rings (SSSR count). The van der Waals surface area contributed by atoms with Crippen molar-refractivity contribution in [2.24, 2.45) is 0 Å². The minimum atomic E-state index is -0.239. The molecular formula is C22H23ClNOPdS. The van der Waals surface area contributed by atoms with E-state index in [0.29, 0.717) is 0 Å². The van der Waals surface area contributed by atoms with Crippen LogP contribution in [0.15, 0.2) is 83.8 Å². The van der Waals surface area contributed by atoms with E-state index in [4.69, 9.17) is 5.32 Å². The first-order valence-electron chi connectivity index (χ1n) is 8.41. The van der Waals surface area contributed by atoms with Gasteiger partial charge in [0.05, 0.1) is 0 Å². The number of benzene rings is 3. The van der Waals surface area contributed by atoms with Crippen LogP contribution >= 0.6 is 24.2 Å². The Balaban J connectivity index is 0.00000243. The molecule has 0 saturated carbocycles. The number of thioether (sulfide) groups is 1. The molecule has 0 amide bonds. The van der Waals surface area contributed by atoms with E-state index in [0.717, 1.165) is 29.8 Å². The number of nitrogens with zero attached hydrogens (tertiary/aromatic N) is 1. The fourth-order valence-corrected chi connectivity index (χ4v) is 3.50. The van der Waals surface area contributed by atoms with Gasteiger partial charge in [-0.05, 0) is 24.0 Å². The fourth-order valence-electron chi connectivity index (χ4n) is 2.64. The van der Waals surface area contributed by atoms with Crippen LogP contribution in [0.2, 0.25) is 0 Å². The summed E-state index contributed by atoms with van der Waals surface area (Å²) < 4.78 is 0. The number of hydrogen-bond acceptors (Lipinski definition) is 2. The Kier molecular flexibility index (Phi) is 11.4. The number of para-hydroxylation sites is 1. The van der Waals surface area contributed by atoms with E-state index in [1.54, 1.807) is 12.1 Å². The van der Waals surface area contributed by atoms with Crippen molar-refractivity contribution in [3.8, 4) is 5.75 Å². The Morgan fingerprint density at radius 3 is 2.37 bits per heavy atom. The van der Waals surface area contributed by atoms with Crippen LogP contribution in [0.1, 0.15) is 25.0 Å². The largest absolute Gasteiger partial charge is 2.00 e. The van der Waals surface area contributed by atoms with E-state index in [1.165, 1.54) is 4.90 Å². The van der Waals surface area contributed by atoms with Crippen molar-refractivity contribution in [3.05, 3.63) is 101 Å². The molecular weight excluding hydrogens is 468 g/mol. The van der Waals surface area contributed by atoms with Crippen LogP contribution in [-0.2, 0) is 20.4 Å². The Labute approximate surface area is 187 Å². The Hall–Kier alpha value is -1.28. The first kappa shape index (κ1) is 23.8. The Bertz CT molecular complexity index is 780. The quantitative estimate of drug-likeness (QED) is 0.225. The maximum atomic E-state index is 12.2. The van der Waals surface area contributed by atoms with Gasteiger partial charge in [0.1, 0.15) is 0 Å². The van der Waals surface area contributed by atoms with Crippen LogP contribution in [-0.4, -0.2) is 12.3 Å². The van der Waals surface area contributed by atoms with Crippen molar-refractivity contribution in [2.75, 3.05) is 12.3 Å². The summed E-state index contributed by atoms with van der Waals surface area (Å²) in [6.07, 6.45) is 0.976. The van der Waals surface area contributed by atoms with Crippen molar-refractivity contribution in [3.63, 3.8) is 0 Å². The monoisotopic (exact) mass is 490 g/mol. The number of rotatable bonds is 8. The van der Waals surface area contributed by atoms with Crippen LogP contribution in [0, 0.1) is 6.07 Å². The van der Waals surface area contributed by atoms with Gasteiger partial charge in [-0.1, -0.05) is 90.3 Å². The number of halogens is 1. The van der Waals surface area contributed by atoms with Gasteiger partial charge >= 0.3 is 20.4 Å². The first-order valence-corrected chi connectivity index (χ1v) is 9.40. The molecule has 0 aliphatic carbocycles. The van der Waals surface area contributed by atoms with Crippen molar-refractivity contribution in [1.29, 1.82) is 0 Å². The summed E-state index contributed by atoms with van der Waals surface area (Å²) in [6.45, 7) is 0.724. The molecule has 1 atom stereocenters.